The van der Waals surface area contributed by atoms with Crippen molar-refractivity contribution in [3.05, 3.63) is 93.6 Å². The predicted octanol–water partition coefficient (Wildman–Crippen LogP) is 5.09. The third kappa shape index (κ3) is 4.48. The summed E-state index contributed by atoms with van der Waals surface area (Å²) in [5, 5.41) is 3.76. The first kappa shape index (κ1) is 23.7. The molecule has 2 N–H and O–H groups in total. The van der Waals surface area contributed by atoms with E-state index in [-0.39, 0.29) is 16.4 Å². The van der Waals surface area contributed by atoms with E-state index in [0.29, 0.717) is 28.0 Å². The molecule has 0 amide bonds. The van der Waals surface area contributed by atoms with Crippen molar-refractivity contribution in [3.8, 4) is 11.3 Å². The number of aryl methyl sites for hydroxylation is 1. The minimum atomic E-state index is -3.88. The van der Waals surface area contributed by atoms with Crippen LogP contribution in [0, 0.1) is 13.8 Å². The van der Waals surface area contributed by atoms with Gasteiger partial charge in [0.05, 0.1) is 24.2 Å². The standard InChI is InChI=1S/C26H26N2O5S/c1-16-14-20(18(3)27-22-12-8-9-13-23(22)34(30,31)28-32-4)26-21(15-16)24(29)17(2)25(33-26)19-10-6-5-7-11-19/h5-15,18,27-28H,1-4H3/t18-/m1/s1. The molecule has 0 radical (unpaired) electrons. The van der Waals surface area contributed by atoms with Crippen LogP contribution in [-0.4, -0.2) is 15.5 Å². The third-order valence-corrected chi connectivity index (χ3v) is 6.96. The zero-order chi connectivity index (χ0) is 24.5. The van der Waals surface area contributed by atoms with Crippen LogP contribution >= 0.6 is 0 Å². The van der Waals surface area contributed by atoms with Gasteiger partial charge in [-0.1, -0.05) is 53.4 Å². The highest BCUT2D eigenvalue weighted by Crippen LogP contribution is 2.33. The SMILES string of the molecule is CONS(=O)(=O)c1ccccc1N[C@H](C)c1cc(C)cc2c(=O)c(C)c(-c3ccccc3)oc12. The van der Waals surface area contributed by atoms with E-state index in [2.05, 4.69) is 10.2 Å². The number of benzene rings is 3. The van der Waals surface area contributed by atoms with Crippen molar-refractivity contribution in [2.75, 3.05) is 12.4 Å². The highest BCUT2D eigenvalue weighted by molar-refractivity contribution is 7.89. The van der Waals surface area contributed by atoms with Crippen LogP contribution in [0.5, 0.6) is 0 Å². The molecule has 1 heterocycles. The fraction of sp³-hybridized carbons (Fsp3) is 0.192. The van der Waals surface area contributed by atoms with Crippen LogP contribution in [0.15, 0.2) is 80.8 Å². The molecule has 1 atom stereocenters. The number of sulfonamides is 1. The second-order valence-electron chi connectivity index (χ2n) is 8.14. The Kier molecular flexibility index (Phi) is 6.56. The molecule has 1 aromatic heterocycles. The summed E-state index contributed by atoms with van der Waals surface area (Å²) in [5.74, 6) is 0.516. The van der Waals surface area contributed by atoms with Crippen molar-refractivity contribution < 1.29 is 17.7 Å². The molecule has 0 unspecified atom stereocenters. The summed E-state index contributed by atoms with van der Waals surface area (Å²) in [4.78, 5) is 20.0. The lowest BCUT2D eigenvalue weighted by atomic mass is 9.99. The Morgan fingerprint density at radius 2 is 1.65 bits per heavy atom. The van der Waals surface area contributed by atoms with Crippen molar-refractivity contribution in [1.29, 1.82) is 0 Å². The van der Waals surface area contributed by atoms with Gasteiger partial charge in [0.1, 0.15) is 16.2 Å². The summed E-state index contributed by atoms with van der Waals surface area (Å²) in [6.07, 6.45) is 0. The summed E-state index contributed by atoms with van der Waals surface area (Å²) in [5.41, 5.74) is 3.77. The Morgan fingerprint density at radius 1 is 0.971 bits per heavy atom. The van der Waals surface area contributed by atoms with Gasteiger partial charge in [0.15, 0.2) is 5.43 Å². The van der Waals surface area contributed by atoms with Crippen LogP contribution in [0.25, 0.3) is 22.3 Å². The molecule has 3 aromatic carbocycles. The Labute approximate surface area is 198 Å². The van der Waals surface area contributed by atoms with E-state index in [1.807, 2.05) is 61.2 Å². The Balaban J connectivity index is 1.86. The third-order valence-electron chi connectivity index (χ3n) is 5.64. The van der Waals surface area contributed by atoms with E-state index in [9.17, 15) is 13.2 Å². The second-order valence-corrected chi connectivity index (χ2v) is 9.75. The largest absolute Gasteiger partial charge is 0.455 e. The van der Waals surface area contributed by atoms with Crippen LogP contribution in [0.3, 0.4) is 0 Å². The molecule has 7 nitrogen and oxygen atoms in total. The molecule has 34 heavy (non-hydrogen) atoms. The molecule has 0 saturated carbocycles. The minimum Gasteiger partial charge on any atom is -0.455 e. The van der Waals surface area contributed by atoms with Gasteiger partial charge in [0, 0.05) is 16.7 Å². The zero-order valence-electron chi connectivity index (χ0n) is 19.4. The summed E-state index contributed by atoms with van der Waals surface area (Å²) in [7, 11) is -2.64. The molecule has 0 aliphatic rings. The maximum Gasteiger partial charge on any atom is 0.264 e. The zero-order valence-corrected chi connectivity index (χ0v) is 20.2. The topological polar surface area (TPSA) is 97.6 Å². The highest BCUT2D eigenvalue weighted by Gasteiger charge is 2.22. The summed E-state index contributed by atoms with van der Waals surface area (Å²) in [6.45, 7) is 5.57. The van der Waals surface area contributed by atoms with E-state index in [4.69, 9.17) is 4.42 Å². The molecule has 0 saturated heterocycles. The lowest BCUT2D eigenvalue weighted by Crippen LogP contribution is -2.23. The number of hydrogen-bond acceptors (Lipinski definition) is 6. The average Bonchev–Trinajstić information content (AvgIpc) is 2.82. The molecule has 0 bridgehead atoms. The van der Waals surface area contributed by atoms with E-state index in [1.54, 1.807) is 25.1 Å². The van der Waals surface area contributed by atoms with Crippen molar-refractivity contribution in [1.82, 2.24) is 4.89 Å². The summed E-state index contributed by atoms with van der Waals surface area (Å²) < 4.78 is 31.5. The van der Waals surface area contributed by atoms with Gasteiger partial charge in [-0.3, -0.25) is 9.63 Å². The van der Waals surface area contributed by atoms with Gasteiger partial charge in [0.25, 0.3) is 10.0 Å². The molecule has 0 fully saturated rings. The van der Waals surface area contributed by atoms with Crippen molar-refractivity contribution in [2.45, 2.75) is 31.7 Å². The maximum absolute atomic E-state index is 13.3. The Morgan fingerprint density at radius 3 is 2.35 bits per heavy atom. The van der Waals surface area contributed by atoms with E-state index >= 15 is 0 Å². The number of nitrogens with one attached hydrogen (secondary N) is 2. The van der Waals surface area contributed by atoms with E-state index < -0.39 is 10.0 Å². The van der Waals surface area contributed by atoms with Crippen LogP contribution in [0.1, 0.15) is 29.7 Å². The van der Waals surface area contributed by atoms with Gasteiger partial charge in [-0.15, -0.1) is 0 Å². The predicted molar refractivity (Wildman–Crippen MR) is 133 cm³/mol. The molecule has 0 spiro atoms. The fourth-order valence-corrected chi connectivity index (χ4v) is 5.02. The van der Waals surface area contributed by atoms with Crippen LogP contribution < -0.4 is 15.6 Å². The van der Waals surface area contributed by atoms with Crippen molar-refractivity contribution in [3.63, 3.8) is 0 Å². The Hall–Kier alpha value is -3.46. The number of anilines is 1. The van der Waals surface area contributed by atoms with Gasteiger partial charge in [0.2, 0.25) is 0 Å². The molecule has 0 aliphatic carbocycles. The van der Waals surface area contributed by atoms with Crippen molar-refractivity contribution >= 4 is 26.7 Å². The molecule has 0 aliphatic heterocycles. The molecule has 8 heteroatoms. The quantitative estimate of drug-likeness (QED) is 0.359. The number of para-hydroxylation sites is 1. The lowest BCUT2D eigenvalue weighted by molar-refractivity contribution is 0.153. The number of hydrogen-bond donors (Lipinski definition) is 2. The normalized spacial score (nSPS) is 12.6. The first-order valence-electron chi connectivity index (χ1n) is 10.8. The smallest absolute Gasteiger partial charge is 0.264 e. The van der Waals surface area contributed by atoms with Crippen molar-refractivity contribution in [2.24, 2.45) is 0 Å². The van der Waals surface area contributed by atoms with Crippen LogP contribution in [0.2, 0.25) is 0 Å². The molecular formula is C26H26N2O5S. The molecular weight excluding hydrogens is 452 g/mol. The fourth-order valence-electron chi connectivity index (χ4n) is 4.04. The Bertz CT molecular complexity index is 1510. The monoisotopic (exact) mass is 478 g/mol. The van der Waals surface area contributed by atoms with E-state index in [0.717, 1.165) is 16.7 Å². The number of rotatable bonds is 7. The summed E-state index contributed by atoms with van der Waals surface area (Å²) >= 11 is 0. The van der Waals surface area contributed by atoms with Crippen LogP contribution in [0.4, 0.5) is 5.69 Å². The summed E-state index contributed by atoms with van der Waals surface area (Å²) in [6, 6.07) is 19.4. The molecule has 176 valence electrons. The second kappa shape index (κ2) is 9.42. The first-order valence-corrected chi connectivity index (χ1v) is 12.2. The van der Waals surface area contributed by atoms with Gasteiger partial charge in [-0.05, 0) is 44.5 Å². The maximum atomic E-state index is 13.3. The molecule has 4 rings (SSSR count). The highest BCUT2D eigenvalue weighted by atomic mass is 32.2. The number of fused-ring (bicyclic) bond motifs is 1. The van der Waals surface area contributed by atoms with Gasteiger partial charge in [-0.2, -0.15) is 0 Å². The lowest BCUT2D eigenvalue weighted by Gasteiger charge is -2.20. The van der Waals surface area contributed by atoms with Gasteiger partial charge >= 0.3 is 0 Å². The van der Waals surface area contributed by atoms with Gasteiger partial charge < -0.3 is 9.73 Å². The minimum absolute atomic E-state index is 0.0444. The molecule has 4 aromatic rings. The van der Waals surface area contributed by atoms with Crippen LogP contribution in [-0.2, 0) is 14.9 Å². The van der Waals surface area contributed by atoms with E-state index in [1.165, 1.54) is 13.2 Å². The first-order chi connectivity index (χ1) is 16.2. The average molecular weight is 479 g/mol. The van der Waals surface area contributed by atoms with Gasteiger partial charge in [-0.25, -0.2) is 8.42 Å².